The smallest absolute Gasteiger partial charge is 0.235 e. The fraction of sp³-hybridized carbons (Fsp3) is 0.417. The summed E-state index contributed by atoms with van der Waals surface area (Å²) >= 11 is 0. The summed E-state index contributed by atoms with van der Waals surface area (Å²) in [5, 5.41) is 0. The van der Waals surface area contributed by atoms with Crippen molar-refractivity contribution in [2.24, 2.45) is 4.99 Å². The Morgan fingerprint density at radius 1 is 1.33 bits per heavy atom. The van der Waals surface area contributed by atoms with Crippen LogP contribution in [0.25, 0.3) is 0 Å². The number of hydrogen-bond acceptors (Lipinski definition) is 3. The predicted molar refractivity (Wildman–Crippen MR) is 56.5 cm³/mol. The molecule has 1 aliphatic rings. The van der Waals surface area contributed by atoms with Crippen LogP contribution >= 0.6 is 0 Å². The Morgan fingerprint density at radius 2 is 2.00 bits per heavy atom. The highest BCUT2D eigenvalue weighted by molar-refractivity contribution is 5.43. The molecule has 1 saturated carbocycles. The Labute approximate surface area is 101 Å². The number of carbonyl (C=O) groups excluding carboxylic acids is 1. The average molecular weight is 257 g/mol. The van der Waals surface area contributed by atoms with Crippen LogP contribution in [0.4, 0.5) is 13.2 Å². The van der Waals surface area contributed by atoms with Crippen LogP contribution in [-0.4, -0.2) is 13.2 Å². The van der Waals surface area contributed by atoms with Crippen LogP contribution < -0.4 is 4.74 Å². The number of hydrogen-bond donors (Lipinski definition) is 0. The van der Waals surface area contributed by atoms with Crippen LogP contribution in [0, 0.1) is 17.5 Å². The van der Waals surface area contributed by atoms with Crippen molar-refractivity contribution in [3.63, 3.8) is 0 Å². The van der Waals surface area contributed by atoms with Gasteiger partial charge < -0.3 is 4.74 Å². The van der Waals surface area contributed by atoms with E-state index in [0.29, 0.717) is 12.5 Å². The van der Waals surface area contributed by atoms with Crippen molar-refractivity contribution in [1.82, 2.24) is 0 Å². The van der Waals surface area contributed by atoms with E-state index in [0.717, 1.165) is 7.11 Å². The van der Waals surface area contributed by atoms with Gasteiger partial charge in [-0.15, -0.1) is 0 Å². The number of benzene rings is 1. The maximum absolute atomic E-state index is 14.0. The highest BCUT2D eigenvalue weighted by Crippen LogP contribution is 2.48. The normalized spacial score (nSPS) is 16.7. The van der Waals surface area contributed by atoms with Gasteiger partial charge in [0.1, 0.15) is 5.54 Å². The van der Waals surface area contributed by atoms with E-state index in [1.165, 1.54) is 6.08 Å². The van der Waals surface area contributed by atoms with Gasteiger partial charge in [-0.25, -0.2) is 18.0 Å². The van der Waals surface area contributed by atoms with Gasteiger partial charge in [-0.05, 0) is 19.3 Å². The molecule has 0 amide bonds. The average Bonchev–Trinajstić information content (AvgIpc) is 2.30. The maximum atomic E-state index is 14.0. The zero-order valence-corrected chi connectivity index (χ0v) is 9.60. The topological polar surface area (TPSA) is 38.7 Å². The Balaban J connectivity index is 2.69. The molecule has 1 aromatic rings. The van der Waals surface area contributed by atoms with Crippen molar-refractivity contribution in [3.8, 4) is 5.75 Å². The van der Waals surface area contributed by atoms with Crippen LogP contribution in [-0.2, 0) is 10.3 Å². The van der Waals surface area contributed by atoms with E-state index >= 15 is 0 Å². The van der Waals surface area contributed by atoms with Crippen molar-refractivity contribution in [2.45, 2.75) is 24.8 Å². The second-order valence-corrected chi connectivity index (χ2v) is 4.15. The number of isocyanates is 1. The Morgan fingerprint density at radius 3 is 2.44 bits per heavy atom. The first kappa shape index (κ1) is 12.6. The third-order valence-corrected chi connectivity index (χ3v) is 3.25. The number of methoxy groups -OCH3 is 1. The summed E-state index contributed by atoms with van der Waals surface area (Å²) in [6.45, 7) is 0. The van der Waals surface area contributed by atoms with E-state index in [1.54, 1.807) is 0 Å². The first-order valence-electron chi connectivity index (χ1n) is 5.37. The number of nitrogens with zero attached hydrogens (tertiary/aromatic N) is 1. The number of rotatable bonds is 3. The third kappa shape index (κ3) is 1.69. The monoisotopic (exact) mass is 257 g/mol. The molecule has 0 aromatic heterocycles. The summed E-state index contributed by atoms with van der Waals surface area (Å²) < 4.78 is 45.8. The molecular formula is C12H10F3NO2. The Bertz CT molecular complexity index is 535. The molecule has 1 aliphatic carbocycles. The second kappa shape index (κ2) is 4.46. The molecule has 0 unspecified atom stereocenters. The van der Waals surface area contributed by atoms with E-state index in [-0.39, 0.29) is 12.8 Å². The third-order valence-electron chi connectivity index (χ3n) is 3.25. The van der Waals surface area contributed by atoms with Gasteiger partial charge in [0.15, 0.2) is 23.2 Å². The summed E-state index contributed by atoms with van der Waals surface area (Å²) in [7, 11) is 1.15. The van der Waals surface area contributed by atoms with Gasteiger partial charge >= 0.3 is 0 Å². The fourth-order valence-electron chi connectivity index (χ4n) is 2.15. The molecule has 3 nitrogen and oxygen atoms in total. The quantitative estimate of drug-likeness (QED) is 0.474. The van der Waals surface area contributed by atoms with Crippen LogP contribution in [0.3, 0.4) is 0 Å². The van der Waals surface area contributed by atoms with E-state index in [1.807, 2.05) is 0 Å². The van der Waals surface area contributed by atoms with Gasteiger partial charge in [0.05, 0.1) is 12.7 Å². The van der Waals surface area contributed by atoms with Gasteiger partial charge in [0, 0.05) is 6.07 Å². The minimum Gasteiger partial charge on any atom is -0.494 e. The first-order valence-corrected chi connectivity index (χ1v) is 5.37. The number of aliphatic imine (C=N–C) groups is 1. The maximum Gasteiger partial charge on any atom is 0.235 e. The van der Waals surface area contributed by atoms with E-state index in [2.05, 4.69) is 9.73 Å². The van der Waals surface area contributed by atoms with Crippen LogP contribution in [0.1, 0.15) is 24.8 Å². The van der Waals surface area contributed by atoms with Crippen LogP contribution in [0.5, 0.6) is 5.75 Å². The van der Waals surface area contributed by atoms with Crippen molar-refractivity contribution < 1.29 is 22.7 Å². The summed E-state index contributed by atoms with van der Waals surface area (Å²) in [5.74, 6) is -3.98. The standard InChI is InChI=1S/C12H10F3NO2/c1-18-8-5-7(13)10(14)9(11(8)15)12(16-6-17)3-2-4-12/h5H,2-4H2,1H3. The molecule has 0 radical (unpaired) electrons. The highest BCUT2D eigenvalue weighted by Gasteiger charge is 2.45. The van der Waals surface area contributed by atoms with Crippen LogP contribution in [0.15, 0.2) is 11.1 Å². The molecule has 1 fully saturated rings. The minimum absolute atomic E-state index is 0.280. The molecule has 0 atom stereocenters. The van der Waals surface area contributed by atoms with Gasteiger partial charge in [-0.3, -0.25) is 0 Å². The summed E-state index contributed by atoms with van der Waals surface area (Å²) in [4.78, 5) is 13.8. The summed E-state index contributed by atoms with van der Waals surface area (Å²) in [6.07, 6.45) is 2.52. The highest BCUT2D eigenvalue weighted by atomic mass is 19.2. The van der Waals surface area contributed by atoms with Gasteiger partial charge in [-0.2, -0.15) is 4.99 Å². The van der Waals surface area contributed by atoms with Crippen molar-refractivity contribution >= 4 is 6.08 Å². The molecule has 0 N–H and O–H groups in total. The predicted octanol–water partition coefficient (Wildman–Crippen LogP) is 2.83. The van der Waals surface area contributed by atoms with Gasteiger partial charge in [0.25, 0.3) is 0 Å². The van der Waals surface area contributed by atoms with Crippen molar-refractivity contribution in [3.05, 3.63) is 29.1 Å². The Hall–Kier alpha value is -1.81. The SMILES string of the molecule is COc1cc(F)c(F)c(C2(N=C=O)CCC2)c1F. The Kier molecular flexibility index (Phi) is 3.13. The molecule has 0 bridgehead atoms. The number of ether oxygens (including phenoxy) is 1. The van der Waals surface area contributed by atoms with Crippen molar-refractivity contribution in [1.29, 1.82) is 0 Å². The molecule has 1 aromatic carbocycles. The molecule has 96 valence electrons. The number of halogens is 3. The minimum atomic E-state index is -1.34. The van der Waals surface area contributed by atoms with E-state index in [4.69, 9.17) is 0 Å². The molecule has 6 heteroatoms. The van der Waals surface area contributed by atoms with E-state index in [9.17, 15) is 18.0 Å². The van der Waals surface area contributed by atoms with Crippen LogP contribution in [0.2, 0.25) is 0 Å². The molecule has 2 rings (SSSR count). The lowest BCUT2D eigenvalue weighted by molar-refractivity contribution is 0.231. The summed E-state index contributed by atoms with van der Waals surface area (Å²) in [6, 6.07) is 0.630. The molecule has 0 heterocycles. The summed E-state index contributed by atoms with van der Waals surface area (Å²) in [5.41, 5.74) is -1.89. The molecule has 0 spiro atoms. The van der Waals surface area contributed by atoms with E-state index < -0.39 is 34.3 Å². The lowest BCUT2D eigenvalue weighted by atomic mass is 9.72. The lowest BCUT2D eigenvalue weighted by Crippen LogP contribution is -2.34. The largest absolute Gasteiger partial charge is 0.494 e. The second-order valence-electron chi connectivity index (χ2n) is 4.15. The molecular weight excluding hydrogens is 247 g/mol. The zero-order chi connectivity index (χ0) is 13.3. The first-order chi connectivity index (χ1) is 8.55. The molecule has 0 saturated heterocycles. The molecule has 0 aliphatic heterocycles. The fourth-order valence-corrected chi connectivity index (χ4v) is 2.15. The lowest BCUT2D eigenvalue weighted by Gasteiger charge is -2.37. The van der Waals surface area contributed by atoms with Gasteiger partial charge in [-0.1, -0.05) is 0 Å². The van der Waals surface area contributed by atoms with Crippen molar-refractivity contribution in [2.75, 3.05) is 7.11 Å². The zero-order valence-electron chi connectivity index (χ0n) is 9.60. The van der Waals surface area contributed by atoms with Gasteiger partial charge in [0.2, 0.25) is 6.08 Å². The molecule has 18 heavy (non-hydrogen) atoms.